The van der Waals surface area contributed by atoms with Crippen LogP contribution in [0.15, 0.2) is 48.8 Å². The lowest BCUT2D eigenvalue weighted by atomic mass is 10.0. The zero-order valence-electron chi connectivity index (χ0n) is 10.3. The minimum absolute atomic E-state index is 0.761. The van der Waals surface area contributed by atoms with E-state index in [1.54, 1.807) is 0 Å². The molecule has 19 heavy (non-hydrogen) atoms. The van der Waals surface area contributed by atoms with Crippen LogP contribution in [-0.2, 0) is 6.42 Å². The van der Waals surface area contributed by atoms with Gasteiger partial charge < -0.3 is 9.14 Å². The predicted molar refractivity (Wildman–Crippen MR) is 77.0 cm³/mol. The summed E-state index contributed by atoms with van der Waals surface area (Å²) in [6, 6.07) is 12.4. The maximum absolute atomic E-state index is 6.10. The molecule has 0 spiro atoms. The van der Waals surface area contributed by atoms with Crippen LogP contribution >= 0.6 is 11.6 Å². The average molecular weight is 270 g/mol. The Bertz CT molecular complexity index is 776. The molecule has 4 rings (SSSR count). The Morgan fingerprint density at radius 3 is 2.89 bits per heavy atom. The molecule has 0 amide bonds. The van der Waals surface area contributed by atoms with Gasteiger partial charge in [-0.05, 0) is 41.5 Å². The topological polar surface area (TPSA) is 13.6 Å². The summed E-state index contributed by atoms with van der Waals surface area (Å²) >= 11 is 6.10. The summed E-state index contributed by atoms with van der Waals surface area (Å²) in [6.45, 7) is 0.793. The maximum atomic E-state index is 6.10. The summed E-state index contributed by atoms with van der Waals surface area (Å²) in [4.78, 5) is 0. The lowest BCUT2D eigenvalue weighted by Crippen LogP contribution is -1.85. The van der Waals surface area contributed by atoms with Crippen molar-refractivity contribution in [1.82, 2.24) is 4.40 Å². The van der Waals surface area contributed by atoms with Crippen LogP contribution in [0.25, 0.3) is 16.6 Å². The van der Waals surface area contributed by atoms with Crippen LogP contribution in [-0.4, -0.2) is 11.0 Å². The first-order valence-corrected chi connectivity index (χ1v) is 6.71. The summed E-state index contributed by atoms with van der Waals surface area (Å²) in [5.41, 5.74) is 4.84. The monoisotopic (exact) mass is 269 g/mol. The molecule has 0 aliphatic carbocycles. The third-order valence-electron chi connectivity index (χ3n) is 3.63. The zero-order chi connectivity index (χ0) is 12.8. The number of fused-ring (bicyclic) bond motifs is 2. The van der Waals surface area contributed by atoms with Gasteiger partial charge in [0.15, 0.2) is 0 Å². The third-order valence-corrected chi connectivity index (χ3v) is 3.86. The molecule has 0 radical (unpaired) electrons. The third kappa shape index (κ3) is 1.71. The molecule has 0 saturated heterocycles. The van der Waals surface area contributed by atoms with Gasteiger partial charge in [-0.15, -0.1) is 0 Å². The molecule has 0 unspecified atom stereocenters. The molecule has 3 heteroatoms. The highest BCUT2D eigenvalue weighted by Gasteiger charge is 2.14. The molecular formula is C16H12ClNO. The number of ether oxygens (including phenoxy) is 1. The standard InChI is InChI=1S/C16H12ClNO/c17-13-3-6-18-7-4-14(15(18)10-13)11-1-2-16-12(9-11)5-8-19-16/h1-4,6-7,9-10H,5,8H2. The smallest absolute Gasteiger partial charge is 0.122 e. The normalized spacial score (nSPS) is 13.5. The van der Waals surface area contributed by atoms with Gasteiger partial charge >= 0.3 is 0 Å². The van der Waals surface area contributed by atoms with Crippen molar-refractivity contribution >= 4 is 17.1 Å². The van der Waals surface area contributed by atoms with Crippen molar-refractivity contribution in [2.45, 2.75) is 6.42 Å². The minimum atomic E-state index is 0.761. The van der Waals surface area contributed by atoms with E-state index in [0.29, 0.717) is 0 Å². The van der Waals surface area contributed by atoms with Gasteiger partial charge in [-0.1, -0.05) is 17.7 Å². The van der Waals surface area contributed by atoms with E-state index in [0.717, 1.165) is 29.3 Å². The minimum Gasteiger partial charge on any atom is -0.493 e. The largest absolute Gasteiger partial charge is 0.493 e. The molecule has 0 N–H and O–H groups in total. The quantitative estimate of drug-likeness (QED) is 0.646. The molecule has 0 saturated carbocycles. The van der Waals surface area contributed by atoms with E-state index >= 15 is 0 Å². The second kappa shape index (κ2) is 4.04. The Morgan fingerprint density at radius 1 is 1.05 bits per heavy atom. The number of pyridine rings is 1. The van der Waals surface area contributed by atoms with Crippen LogP contribution in [0.1, 0.15) is 5.56 Å². The van der Waals surface area contributed by atoms with Gasteiger partial charge in [-0.2, -0.15) is 0 Å². The average Bonchev–Trinajstić information content (AvgIpc) is 3.03. The van der Waals surface area contributed by atoms with Crippen LogP contribution in [0, 0.1) is 0 Å². The molecule has 1 aliphatic heterocycles. The van der Waals surface area contributed by atoms with E-state index in [1.807, 2.05) is 18.3 Å². The Morgan fingerprint density at radius 2 is 1.95 bits per heavy atom. The van der Waals surface area contributed by atoms with Gasteiger partial charge in [0.2, 0.25) is 0 Å². The summed E-state index contributed by atoms with van der Waals surface area (Å²) in [5.74, 6) is 1.02. The zero-order valence-corrected chi connectivity index (χ0v) is 11.0. The first kappa shape index (κ1) is 10.9. The molecule has 0 bridgehead atoms. The summed E-state index contributed by atoms with van der Waals surface area (Å²) in [7, 11) is 0. The molecule has 0 atom stereocenters. The Labute approximate surface area is 116 Å². The van der Waals surface area contributed by atoms with Crippen LogP contribution in [0.3, 0.4) is 0 Å². The van der Waals surface area contributed by atoms with E-state index in [4.69, 9.17) is 16.3 Å². The van der Waals surface area contributed by atoms with Crippen molar-refractivity contribution in [2.24, 2.45) is 0 Å². The first-order valence-electron chi connectivity index (χ1n) is 6.33. The van der Waals surface area contributed by atoms with Gasteiger partial charge in [0.05, 0.1) is 12.1 Å². The van der Waals surface area contributed by atoms with Crippen LogP contribution in [0.4, 0.5) is 0 Å². The van der Waals surface area contributed by atoms with E-state index in [-0.39, 0.29) is 0 Å². The van der Waals surface area contributed by atoms with Gasteiger partial charge in [0, 0.05) is 29.4 Å². The summed E-state index contributed by atoms with van der Waals surface area (Å²) in [6.07, 6.45) is 5.04. The Hall–Kier alpha value is -1.93. The fourth-order valence-electron chi connectivity index (χ4n) is 2.67. The number of benzene rings is 1. The van der Waals surface area contributed by atoms with Crippen LogP contribution < -0.4 is 4.74 Å². The van der Waals surface area contributed by atoms with E-state index in [9.17, 15) is 0 Å². The number of nitrogens with zero attached hydrogens (tertiary/aromatic N) is 1. The van der Waals surface area contributed by atoms with Gasteiger partial charge in [0.1, 0.15) is 5.75 Å². The second-order valence-corrected chi connectivity index (χ2v) is 5.22. The van der Waals surface area contributed by atoms with Crippen molar-refractivity contribution in [1.29, 1.82) is 0 Å². The molecule has 94 valence electrons. The first-order chi connectivity index (χ1) is 9.31. The fraction of sp³-hybridized carbons (Fsp3) is 0.125. The van der Waals surface area contributed by atoms with Crippen molar-refractivity contribution in [3.05, 3.63) is 59.4 Å². The molecule has 1 aromatic carbocycles. The summed E-state index contributed by atoms with van der Waals surface area (Å²) in [5, 5.41) is 0.761. The van der Waals surface area contributed by atoms with Crippen molar-refractivity contribution < 1.29 is 4.74 Å². The lowest BCUT2D eigenvalue weighted by Gasteiger charge is -2.04. The highest BCUT2D eigenvalue weighted by atomic mass is 35.5. The molecule has 3 heterocycles. The summed E-state index contributed by atoms with van der Waals surface area (Å²) < 4.78 is 7.64. The fourth-order valence-corrected chi connectivity index (χ4v) is 2.83. The number of hydrogen-bond acceptors (Lipinski definition) is 1. The number of aromatic nitrogens is 1. The maximum Gasteiger partial charge on any atom is 0.122 e. The van der Waals surface area contributed by atoms with Crippen molar-refractivity contribution in [2.75, 3.05) is 6.61 Å². The molecule has 2 nitrogen and oxygen atoms in total. The van der Waals surface area contributed by atoms with E-state index < -0.39 is 0 Å². The molecule has 3 aromatic rings. The van der Waals surface area contributed by atoms with Crippen molar-refractivity contribution in [3.8, 4) is 16.9 Å². The SMILES string of the molecule is Clc1ccn2ccc(-c3ccc4c(c3)CCO4)c2c1. The second-order valence-electron chi connectivity index (χ2n) is 4.79. The van der Waals surface area contributed by atoms with E-state index in [2.05, 4.69) is 34.9 Å². The highest BCUT2D eigenvalue weighted by molar-refractivity contribution is 6.31. The number of hydrogen-bond donors (Lipinski definition) is 0. The molecule has 1 aliphatic rings. The Kier molecular flexibility index (Phi) is 2.32. The highest BCUT2D eigenvalue weighted by Crippen LogP contribution is 2.33. The van der Waals surface area contributed by atoms with E-state index in [1.165, 1.54) is 16.7 Å². The van der Waals surface area contributed by atoms with Gasteiger partial charge in [0.25, 0.3) is 0 Å². The molecule has 0 fully saturated rings. The van der Waals surface area contributed by atoms with Crippen LogP contribution in [0.5, 0.6) is 5.75 Å². The van der Waals surface area contributed by atoms with Gasteiger partial charge in [-0.3, -0.25) is 0 Å². The number of halogens is 1. The van der Waals surface area contributed by atoms with Crippen molar-refractivity contribution in [3.63, 3.8) is 0 Å². The predicted octanol–water partition coefficient (Wildman–Crippen LogP) is 4.19. The van der Waals surface area contributed by atoms with Crippen LogP contribution in [0.2, 0.25) is 5.02 Å². The Balaban J connectivity index is 1.92. The molecular weight excluding hydrogens is 258 g/mol. The lowest BCUT2D eigenvalue weighted by molar-refractivity contribution is 0.357. The number of rotatable bonds is 1. The van der Waals surface area contributed by atoms with Gasteiger partial charge in [-0.25, -0.2) is 0 Å². The molecule has 2 aromatic heterocycles.